The molecule has 0 aliphatic carbocycles. The van der Waals surface area contributed by atoms with Gasteiger partial charge in [0.25, 0.3) is 0 Å². The van der Waals surface area contributed by atoms with Crippen molar-refractivity contribution in [1.82, 2.24) is 9.78 Å². The van der Waals surface area contributed by atoms with E-state index >= 15 is 0 Å². The van der Waals surface area contributed by atoms with Gasteiger partial charge in [0.2, 0.25) is 0 Å². The first kappa shape index (κ1) is 11.0. The van der Waals surface area contributed by atoms with Gasteiger partial charge in [-0.3, -0.25) is 4.68 Å². The molecule has 6 heteroatoms. The van der Waals surface area contributed by atoms with E-state index in [0.717, 1.165) is 0 Å². The number of ether oxygens (including phenoxy) is 1. The van der Waals surface area contributed by atoms with Gasteiger partial charge in [-0.1, -0.05) is 11.6 Å². The Morgan fingerprint density at radius 3 is 2.79 bits per heavy atom. The number of carbonyl (C=O) groups is 1. The lowest BCUT2D eigenvalue weighted by Crippen LogP contribution is -2.09. The lowest BCUT2D eigenvalue weighted by molar-refractivity contribution is -0.142. The Bertz CT molecular complexity index is 349. The molecule has 0 unspecified atom stereocenters. The minimum atomic E-state index is -1.000. The van der Waals surface area contributed by atoms with Crippen molar-refractivity contribution in [1.29, 1.82) is 0 Å². The van der Waals surface area contributed by atoms with Crippen LogP contribution in [0.25, 0.3) is 0 Å². The SMILES string of the molecule is Cc1nn(C)c(COCC(=O)O)c1Cl. The molecule has 1 rings (SSSR count). The van der Waals surface area contributed by atoms with Crippen LogP contribution in [-0.2, 0) is 23.2 Å². The van der Waals surface area contributed by atoms with Crippen molar-refractivity contribution in [2.24, 2.45) is 7.05 Å². The quantitative estimate of drug-likeness (QED) is 0.819. The maximum absolute atomic E-state index is 10.2. The third-order valence-corrected chi connectivity index (χ3v) is 2.22. The first-order chi connectivity index (χ1) is 6.52. The van der Waals surface area contributed by atoms with Gasteiger partial charge in [-0.2, -0.15) is 5.10 Å². The molecule has 14 heavy (non-hydrogen) atoms. The van der Waals surface area contributed by atoms with Crippen LogP contribution in [0.2, 0.25) is 5.02 Å². The topological polar surface area (TPSA) is 64.4 Å². The van der Waals surface area contributed by atoms with E-state index in [1.165, 1.54) is 0 Å². The first-order valence-corrected chi connectivity index (χ1v) is 4.37. The number of nitrogens with zero attached hydrogens (tertiary/aromatic N) is 2. The highest BCUT2D eigenvalue weighted by molar-refractivity contribution is 6.31. The average Bonchev–Trinajstić information content (AvgIpc) is 2.31. The third-order valence-electron chi connectivity index (χ3n) is 1.73. The molecule has 0 radical (unpaired) electrons. The minimum absolute atomic E-state index is 0.155. The summed E-state index contributed by atoms with van der Waals surface area (Å²) in [6, 6.07) is 0. The van der Waals surface area contributed by atoms with E-state index in [1.807, 2.05) is 0 Å². The van der Waals surface area contributed by atoms with Gasteiger partial charge < -0.3 is 9.84 Å². The van der Waals surface area contributed by atoms with Crippen molar-refractivity contribution < 1.29 is 14.6 Å². The second-order valence-electron chi connectivity index (χ2n) is 2.86. The molecule has 0 spiro atoms. The smallest absolute Gasteiger partial charge is 0.329 e. The molecule has 0 atom stereocenters. The molecular formula is C8H11ClN2O3. The molecule has 1 aromatic heterocycles. The second-order valence-corrected chi connectivity index (χ2v) is 3.23. The molecule has 5 nitrogen and oxygen atoms in total. The Morgan fingerprint density at radius 1 is 1.71 bits per heavy atom. The summed E-state index contributed by atoms with van der Waals surface area (Å²) in [5.74, 6) is -1.000. The fourth-order valence-electron chi connectivity index (χ4n) is 1.07. The first-order valence-electron chi connectivity index (χ1n) is 4.00. The molecular weight excluding hydrogens is 208 g/mol. The van der Waals surface area contributed by atoms with Gasteiger partial charge in [-0.15, -0.1) is 0 Å². The summed E-state index contributed by atoms with van der Waals surface area (Å²) < 4.78 is 6.49. The monoisotopic (exact) mass is 218 g/mol. The van der Waals surface area contributed by atoms with Crippen molar-refractivity contribution in [3.8, 4) is 0 Å². The van der Waals surface area contributed by atoms with Gasteiger partial charge in [-0.05, 0) is 6.92 Å². The fourth-order valence-corrected chi connectivity index (χ4v) is 1.29. The van der Waals surface area contributed by atoms with E-state index < -0.39 is 5.97 Å². The highest BCUT2D eigenvalue weighted by Crippen LogP contribution is 2.19. The number of halogens is 1. The van der Waals surface area contributed by atoms with Crippen molar-refractivity contribution in [3.05, 3.63) is 16.4 Å². The fraction of sp³-hybridized carbons (Fsp3) is 0.500. The van der Waals surface area contributed by atoms with E-state index in [1.54, 1.807) is 18.7 Å². The van der Waals surface area contributed by atoms with Crippen LogP contribution in [0.15, 0.2) is 0 Å². The van der Waals surface area contributed by atoms with E-state index in [2.05, 4.69) is 5.10 Å². The van der Waals surface area contributed by atoms with Gasteiger partial charge in [0, 0.05) is 7.05 Å². The summed E-state index contributed by atoms with van der Waals surface area (Å²) in [5, 5.41) is 12.9. The second kappa shape index (κ2) is 4.43. The average molecular weight is 219 g/mol. The number of hydrogen-bond donors (Lipinski definition) is 1. The number of aliphatic carboxylic acids is 1. The normalized spacial score (nSPS) is 10.5. The lowest BCUT2D eigenvalue weighted by atomic mass is 10.4. The number of aryl methyl sites for hydroxylation is 2. The molecule has 1 aromatic rings. The molecule has 0 aliphatic rings. The standard InChI is InChI=1S/C8H11ClN2O3/c1-5-8(9)6(11(2)10-5)3-14-4-7(12)13/h3-4H2,1-2H3,(H,12,13). The molecule has 1 heterocycles. The van der Waals surface area contributed by atoms with Crippen LogP contribution in [0.5, 0.6) is 0 Å². The summed E-state index contributed by atoms with van der Waals surface area (Å²) in [7, 11) is 1.73. The van der Waals surface area contributed by atoms with Crippen LogP contribution in [0, 0.1) is 6.92 Å². The maximum atomic E-state index is 10.2. The number of rotatable bonds is 4. The third kappa shape index (κ3) is 2.46. The van der Waals surface area contributed by atoms with E-state index in [0.29, 0.717) is 16.4 Å². The predicted octanol–water partition coefficient (Wildman–Crippen LogP) is 0.983. The predicted molar refractivity (Wildman–Crippen MR) is 50.2 cm³/mol. The minimum Gasteiger partial charge on any atom is -0.480 e. The van der Waals surface area contributed by atoms with Crippen LogP contribution < -0.4 is 0 Å². The van der Waals surface area contributed by atoms with Crippen molar-refractivity contribution in [3.63, 3.8) is 0 Å². The van der Waals surface area contributed by atoms with Crippen LogP contribution in [-0.4, -0.2) is 27.5 Å². The maximum Gasteiger partial charge on any atom is 0.329 e. The van der Waals surface area contributed by atoms with Gasteiger partial charge in [-0.25, -0.2) is 4.79 Å². The Labute approximate surface area is 86.2 Å². The highest BCUT2D eigenvalue weighted by Gasteiger charge is 2.11. The summed E-state index contributed by atoms with van der Waals surface area (Å²) in [5.41, 5.74) is 1.40. The highest BCUT2D eigenvalue weighted by atomic mass is 35.5. The molecule has 0 aromatic carbocycles. The Hall–Kier alpha value is -1.07. The van der Waals surface area contributed by atoms with Crippen LogP contribution in [0.1, 0.15) is 11.4 Å². The van der Waals surface area contributed by atoms with Gasteiger partial charge in [0.15, 0.2) is 0 Å². The number of hydrogen-bond acceptors (Lipinski definition) is 3. The van der Waals surface area contributed by atoms with Crippen LogP contribution >= 0.6 is 11.6 Å². The van der Waals surface area contributed by atoms with E-state index in [9.17, 15) is 4.79 Å². The van der Waals surface area contributed by atoms with Crippen molar-refractivity contribution in [2.45, 2.75) is 13.5 Å². The zero-order valence-corrected chi connectivity index (χ0v) is 8.71. The Morgan fingerprint density at radius 2 is 2.36 bits per heavy atom. The lowest BCUT2D eigenvalue weighted by Gasteiger charge is -2.02. The van der Waals surface area contributed by atoms with Gasteiger partial charge in [0.1, 0.15) is 6.61 Å². The van der Waals surface area contributed by atoms with Crippen LogP contribution in [0.3, 0.4) is 0 Å². The number of carboxylic acids is 1. The molecule has 78 valence electrons. The number of aromatic nitrogens is 2. The molecule has 0 saturated carbocycles. The molecule has 0 fully saturated rings. The zero-order chi connectivity index (χ0) is 10.7. The number of carboxylic acid groups (broad SMARTS) is 1. The van der Waals surface area contributed by atoms with E-state index in [4.69, 9.17) is 21.4 Å². The molecule has 0 saturated heterocycles. The van der Waals surface area contributed by atoms with Crippen LogP contribution in [0.4, 0.5) is 0 Å². The van der Waals surface area contributed by atoms with Crippen molar-refractivity contribution >= 4 is 17.6 Å². The Kier molecular flexibility index (Phi) is 3.49. The summed E-state index contributed by atoms with van der Waals surface area (Å²) >= 11 is 5.92. The van der Waals surface area contributed by atoms with E-state index in [-0.39, 0.29) is 13.2 Å². The summed E-state index contributed by atoms with van der Waals surface area (Å²) in [4.78, 5) is 10.2. The van der Waals surface area contributed by atoms with Gasteiger partial charge >= 0.3 is 5.97 Å². The molecule has 0 bridgehead atoms. The molecule has 1 N–H and O–H groups in total. The summed E-state index contributed by atoms with van der Waals surface area (Å²) in [6.45, 7) is 1.60. The molecule has 0 amide bonds. The molecule has 0 aliphatic heterocycles. The largest absolute Gasteiger partial charge is 0.480 e. The zero-order valence-electron chi connectivity index (χ0n) is 7.95. The summed E-state index contributed by atoms with van der Waals surface area (Å²) in [6.07, 6.45) is 0. The van der Waals surface area contributed by atoms with Crippen molar-refractivity contribution in [2.75, 3.05) is 6.61 Å². The Balaban J connectivity index is 2.62. The van der Waals surface area contributed by atoms with Gasteiger partial charge in [0.05, 0.1) is 23.0 Å².